The van der Waals surface area contributed by atoms with Crippen molar-refractivity contribution in [3.63, 3.8) is 0 Å². The van der Waals surface area contributed by atoms with Crippen LogP contribution in [0, 0.1) is 0 Å². The van der Waals surface area contributed by atoms with Crippen molar-refractivity contribution >= 4 is 27.7 Å². The van der Waals surface area contributed by atoms with E-state index in [9.17, 15) is 9.59 Å². The van der Waals surface area contributed by atoms with Gasteiger partial charge in [0.05, 0.1) is 5.56 Å². The Hall–Kier alpha value is -2.21. The highest BCUT2D eigenvalue weighted by Gasteiger charge is 2.06. The maximum absolute atomic E-state index is 11.8. The van der Waals surface area contributed by atoms with Crippen LogP contribution in [-0.2, 0) is 11.2 Å². The molecule has 120 valence electrons. The summed E-state index contributed by atoms with van der Waals surface area (Å²) in [5.41, 5.74) is 1.61. The largest absolute Gasteiger partial charge is 0.354 e. The van der Waals surface area contributed by atoms with Crippen LogP contribution in [0.5, 0.6) is 0 Å². The van der Waals surface area contributed by atoms with E-state index in [4.69, 9.17) is 0 Å². The highest BCUT2D eigenvalue weighted by Crippen LogP contribution is 2.17. The second kappa shape index (κ2) is 9.05. The molecule has 0 saturated heterocycles. The first-order chi connectivity index (χ1) is 11.2. The molecule has 0 unspecified atom stereocenters. The lowest BCUT2D eigenvalue weighted by Gasteiger charge is -2.08. The fourth-order valence-corrected chi connectivity index (χ4v) is 2.50. The topological polar surface area (TPSA) is 71.1 Å². The second-order valence-corrected chi connectivity index (χ2v) is 5.79. The number of carbonyl (C=O) groups excluding carboxylic acids is 2. The SMILES string of the molecule is O=C(CCc1ccccc1Br)NCCNC(=O)c1cccnc1. The second-order valence-electron chi connectivity index (χ2n) is 4.94. The van der Waals surface area contributed by atoms with Crippen molar-refractivity contribution in [2.45, 2.75) is 12.8 Å². The summed E-state index contributed by atoms with van der Waals surface area (Å²) in [7, 11) is 0. The van der Waals surface area contributed by atoms with Gasteiger partial charge in [-0.1, -0.05) is 34.1 Å². The van der Waals surface area contributed by atoms with Gasteiger partial charge in [0.1, 0.15) is 0 Å². The van der Waals surface area contributed by atoms with E-state index in [0.29, 0.717) is 31.5 Å². The molecular weight excluding hydrogens is 358 g/mol. The van der Waals surface area contributed by atoms with E-state index in [1.54, 1.807) is 18.3 Å². The summed E-state index contributed by atoms with van der Waals surface area (Å²) < 4.78 is 1.01. The number of amides is 2. The summed E-state index contributed by atoms with van der Waals surface area (Å²) in [5.74, 6) is -0.225. The molecule has 0 bridgehead atoms. The highest BCUT2D eigenvalue weighted by atomic mass is 79.9. The first-order valence-electron chi connectivity index (χ1n) is 7.35. The van der Waals surface area contributed by atoms with Crippen LogP contribution in [0.3, 0.4) is 0 Å². The number of halogens is 1. The van der Waals surface area contributed by atoms with Gasteiger partial charge in [0.15, 0.2) is 0 Å². The van der Waals surface area contributed by atoms with Crippen molar-refractivity contribution in [2.75, 3.05) is 13.1 Å². The van der Waals surface area contributed by atoms with Crippen LogP contribution >= 0.6 is 15.9 Å². The molecule has 2 amide bonds. The Labute approximate surface area is 143 Å². The third kappa shape index (κ3) is 5.83. The lowest BCUT2D eigenvalue weighted by Crippen LogP contribution is -2.34. The average Bonchev–Trinajstić information content (AvgIpc) is 2.58. The van der Waals surface area contributed by atoms with Crippen LogP contribution in [0.1, 0.15) is 22.3 Å². The molecule has 1 heterocycles. The lowest BCUT2D eigenvalue weighted by atomic mass is 10.1. The molecule has 2 N–H and O–H groups in total. The maximum Gasteiger partial charge on any atom is 0.252 e. The van der Waals surface area contributed by atoms with Crippen LogP contribution in [0.15, 0.2) is 53.3 Å². The van der Waals surface area contributed by atoms with Crippen molar-refractivity contribution in [1.29, 1.82) is 0 Å². The molecule has 5 nitrogen and oxygen atoms in total. The average molecular weight is 376 g/mol. The minimum absolute atomic E-state index is 0.0311. The molecule has 0 aliphatic carbocycles. The van der Waals surface area contributed by atoms with Crippen molar-refractivity contribution in [1.82, 2.24) is 15.6 Å². The van der Waals surface area contributed by atoms with E-state index in [-0.39, 0.29) is 11.8 Å². The van der Waals surface area contributed by atoms with Crippen molar-refractivity contribution < 1.29 is 9.59 Å². The standard InChI is InChI=1S/C17H18BrN3O2/c18-15-6-2-1-4-13(15)7-8-16(22)20-10-11-21-17(23)14-5-3-9-19-12-14/h1-6,9,12H,7-8,10-11H2,(H,20,22)(H,21,23). The van der Waals surface area contributed by atoms with Gasteiger partial charge in [-0.15, -0.1) is 0 Å². The minimum atomic E-state index is -0.194. The summed E-state index contributed by atoms with van der Waals surface area (Å²) in [5, 5.41) is 5.53. The van der Waals surface area contributed by atoms with Crippen LogP contribution in [-0.4, -0.2) is 29.9 Å². The molecule has 0 saturated carbocycles. The Balaban J connectivity index is 1.63. The summed E-state index contributed by atoms with van der Waals surface area (Å²) in [4.78, 5) is 27.4. The number of nitrogens with zero attached hydrogens (tertiary/aromatic N) is 1. The summed E-state index contributed by atoms with van der Waals surface area (Å²) in [6, 6.07) is 11.2. The Kier molecular flexibility index (Phi) is 6.75. The Morgan fingerprint density at radius 2 is 1.83 bits per heavy atom. The van der Waals surface area contributed by atoms with E-state index in [1.165, 1.54) is 6.20 Å². The van der Waals surface area contributed by atoms with Crippen molar-refractivity contribution in [3.05, 3.63) is 64.4 Å². The van der Waals surface area contributed by atoms with Gasteiger partial charge < -0.3 is 10.6 Å². The number of rotatable bonds is 7. The molecular formula is C17H18BrN3O2. The predicted molar refractivity (Wildman–Crippen MR) is 92.0 cm³/mol. The smallest absolute Gasteiger partial charge is 0.252 e. The van der Waals surface area contributed by atoms with E-state index in [0.717, 1.165) is 10.0 Å². The summed E-state index contributed by atoms with van der Waals surface area (Å²) in [6.45, 7) is 0.787. The van der Waals surface area contributed by atoms with Gasteiger partial charge in [0, 0.05) is 36.4 Å². The fraction of sp³-hybridized carbons (Fsp3) is 0.235. The van der Waals surface area contributed by atoms with Crippen LogP contribution in [0.2, 0.25) is 0 Å². The monoisotopic (exact) mass is 375 g/mol. The molecule has 1 aromatic carbocycles. The number of pyridine rings is 1. The van der Waals surface area contributed by atoms with Gasteiger partial charge >= 0.3 is 0 Å². The molecule has 2 aromatic rings. The zero-order valence-electron chi connectivity index (χ0n) is 12.6. The maximum atomic E-state index is 11.8. The summed E-state index contributed by atoms with van der Waals surface area (Å²) >= 11 is 3.46. The third-order valence-electron chi connectivity index (χ3n) is 3.24. The van der Waals surface area contributed by atoms with E-state index >= 15 is 0 Å². The number of hydrogen-bond acceptors (Lipinski definition) is 3. The van der Waals surface area contributed by atoms with Gasteiger partial charge in [-0.05, 0) is 30.2 Å². The fourth-order valence-electron chi connectivity index (χ4n) is 2.01. The molecule has 2 rings (SSSR count). The first kappa shape index (κ1) is 17.1. The van der Waals surface area contributed by atoms with Crippen molar-refractivity contribution in [2.24, 2.45) is 0 Å². The summed E-state index contributed by atoms with van der Waals surface area (Å²) in [6.07, 6.45) is 4.21. The lowest BCUT2D eigenvalue weighted by molar-refractivity contribution is -0.121. The molecule has 6 heteroatoms. The van der Waals surface area contributed by atoms with Gasteiger partial charge in [-0.3, -0.25) is 14.6 Å². The van der Waals surface area contributed by atoms with Gasteiger partial charge in [-0.25, -0.2) is 0 Å². The number of aryl methyl sites for hydroxylation is 1. The normalized spacial score (nSPS) is 10.1. The molecule has 0 spiro atoms. The van der Waals surface area contributed by atoms with Crippen LogP contribution in [0.4, 0.5) is 0 Å². The van der Waals surface area contributed by atoms with Gasteiger partial charge in [0.25, 0.3) is 5.91 Å². The zero-order chi connectivity index (χ0) is 16.5. The van der Waals surface area contributed by atoms with Crippen LogP contribution in [0.25, 0.3) is 0 Å². The van der Waals surface area contributed by atoms with Gasteiger partial charge in [0.2, 0.25) is 5.91 Å². The molecule has 0 fully saturated rings. The predicted octanol–water partition coefficient (Wildman–Crippen LogP) is 2.32. The Morgan fingerprint density at radius 1 is 1.04 bits per heavy atom. The molecule has 0 aliphatic heterocycles. The molecule has 0 atom stereocenters. The molecule has 1 aromatic heterocycles. The third-order valence-corrected chi connectivity index (χ3v) is 4.01. The van der Waals surface area contributed by atoms with E-state index < -0.39 is 0 Å². The Morgan fingerprint density at radius 3 is 2.57 bits per heavy atom. The molecule has 0 radical (unpaired) electrons. The number of carbonyl (C=O) groups is 2. The molecule has 23 heavy (non-hydrogen) atoms. The molecule has 0 aliphatic rings. The number of nitrogens with one attached hydrogen (secondary N) is 2. The number of aromatic nitrogens is 1. The van der Waals surface area contributed by atoms with Gasteiger partial charge in [-0.2, -0.15) is 0 Å². The van der Waals surface area contributed by atoms with Crippen molar-refractivity contribution in [3.8, 4) is 0 Å². The minimum Gasteiger partial charge on any atom is -0.354 e. The first-order valence-corrected chi connectivity index (χ1v) is 8.14. The van der Waals surface area contributed by atoms with E-state index in [1.807, 2.05) is 24.3 Å². The van der Waals surface area contributed by atoms with E-state index in [2.05, 4.69) is 31.5 Å². The number of hydrogen-bond donors (Lipinski definition) is 2. The zero-order valence-corrected chi connectivity index (χ0v) is 14.2. The Bertz CT molecular complexity index is 662. The quantitative estimate of drug-likeness (QED) is 0.729. The van der Waals surface area contributed by atoms with Crippen LogP contribution < -0.4 is 10.6 Å². The number of benzene rings is 1. The highest BCUT2D eigenvalue weighted by molar-refractivity contribution is 9.10.